The lowest BCUT2D eigenvalue weighted by atomic mass is 10.1. The van der Waals surface area contributed by atoms with Crippen LogP contribution in [0.5, 0.6) is 0 Å². The van der Waals surface area contributed by atoms with Crippen LogP contribution in [0.25, 0.3) is 0 Å². The monoisotopic (exact) mass is 428 g/mol. The van der Waals surface area contributed by atoms with Crippen LogP contribution in [0, 0.1) is 6.92 Å². The Kier molecular flexibility index (Phi) is 4.44. The Hall–Kier alpha value is -3.17. The van der Waals surface area contributed by atoms with E-state index in [1.165, 1.54) is 42.5 Å². The third-order valence-corrected chi connectivity index (χ3v) is 8.97. The first-order chi connectivity index (χ1) is 13.7. The van der Waals surface area contributed by atoms with E-state index in [0.717, 1.165) is 5.56 Å². The van der Waals surface area contributed by atoms with E-state index in [1.807, 2.05) is 6.07 Å². The second kappa shape index (κ2) is 6.71. The predicted octanol–water partition coefficient (Wildman–Crippen LogP) is 3.14. The minimum atomic E-state index is -4.28. The number of amides is 1. The fourth-order valence-electron chi connectivity index (χ4n) is 3.19. The molecular formula is C20H16N2O5S2. The fourth-order valence-corrected chi connectivity index (χ4v) is 7.62. The Bertz CT molecular complexity index is 1300. The Labute approximate surface area is 168 Å². The first-order valence-corrected chi connectivity index (χ1v) is 11.5. The van der Waals surface area contributed by atoms with E-state index < -0.39 is 20.0 Å². The van der Waals surface area contributed by atoms with Crippen molar-refractivity contribution in [2.75, 3.05) is 9.03 Å². The number of anilines is 2. The van der Waals surface area contributed by atoms with Crippen molar-refractivity contribution in [2.24, 2.45) is 0 Å². The van der Waals surface area contributed by atoms with Crippen molar-refractivity contribution in [1.29, 1.82) is 0 Å². The van der Waals surface area contributed by atoms with Crippen LogP contribution in [-0.2, 0) is 20.0 Å². The van der Waals surface area contributed by atoms with Gasteiger partial charge in [-0.25, -0.2) is 0 Å². The summed E-state index contributed by atoms with van der Waals surface area (Å²) in [6.45, 7) is 1.80. The number of fused-ring (bicyclic) bond motifs is 1. The van der Waals surface area contributed by atoms with Gasteiger partial charge in [0.2, 0.25) is 0 Å². The van der Waals surface area contributed by atoms with Crippen molar-refractivity contribution in [2.45, 2.75) is 16.7 Å². The molecule has 1 amide bonds. The summed E-state index contributed by atoms with van der Waals surface area (Å²) in [5, 5.41) is 2.68. The van der Waals surface area contributed by atoms with Crippen LogP contribution in [0.3, 0.4) is 0 Å². The van der Waals surface area contributed by atoms with Gasteiger partial charge in [0, 0.05) is 11.3 Å². The molecular weight excluding hydrogens is 412 g/mol. The molecule has 0 saturated heterocycles. The van der Waals surface area contributed by atoms with Gasteiger partial charge >= 0.3 is 0 Å². The molecule has 148 valence electrons. The highest BCUT2D eigenvalue weighted by Crippen LogP contribution is 2.40. The first kappa shape index (κ1) is 19.2. The van der Waals surface area contributed by atoms with E-state index in [2.05, 4.69) is 5.32 Å². The molecule has 0 aromatic heterocycles. The van der Waals surface area contributed by atoms with Crippen molar-refractivity contribution in [3.8, 4) is 0 Å². The molecule has 0 fully saturated rings. The summed E-state index contributed by atoms with van der Waals surface area (Å²) in [5.74, 6) is -0.379. The number of hydrogen-bond donors (Lipinski definition) is 1. The molecule has 29 heavy (non-hydrogen) atoms. The largest absolute Gasteiger partial charge is 0.322 e. The number of nitrogens with zero attached hydrogens (tertiary/aromatic N) is 1. The molecule has 3 aromatic rings. The number of carbonyl (C=O) groups excluding carboxylic acids is 1. The molecule has 0 aliphatic carbocycles. The van der Waals surface area contributed by atoms with Crippen molar-refractivity contribution < 1.29 is 21.6 Å². The highest BCUT2D eigenvalue weighted by atomic mass is 32.3. The normalized spacial score (nSPS) is 16.2. The van der Waals surface area contributed by atoms with E-state index in [0.29, 0.717) is 9.27 Å². The molecule has 0 saturated carbocycles. The molecule has 1 aliphatic rings. The zero-order valence-electron chi connectivity index (χ0n) is 15.2. The topological polar surface area (TPSA) is 101 Å². The van der Waals surface area contributed by atoms with E-state index >= 15 is 0 Å². The maximum Gasteiger partial charge on any atom is 0.279 e. The van der Waals surface area contributed by atoms with Crippen molar-refractivity contribution >= 4 is 37.3 Å². The second-order valence-corrected chi connectivity index (χ2v) is 10.2. The Morgan fingerprint density at radius 3 is 2.00 bits per heavy atom. The average molecular weight is 428 g/mol. The maximum atomic E-state index is 12.9. The zero-order valence-corrected chi connectivity index (χ0v) is 16.9. The van der Waals surface area contributed by atoms with E-state index in [-0.39, 0.29) is 27.1 Å². The molecule has 4 rings (SSSR count). The molecule has 3 aromatic carbocycles. The third-order valence-electron chi connectivity index (χ3n) is 4.55. The highest BCUT2D eigenvalue weighted by molar-refractivity contribution is 8.12. The molecule has 0 radical (unpaired) electrons. The summed E-state index contributed by atoms with van der Waals surface area (Å²) in [7, 11) is -8.56. The molecule has 1 N–H and O–H groups in total. The number of rotatable bonds is 3. The lowest BCUT2D eigenvalue weighted by Gasteiger charge is -2.17. The molecule has 1 aliphatic heterocycles. The van der Waals surface area contributed by atoms with Gasteiger partial charge < -0.3 is 5.32 Å². The van der Waals surface area contributed by atoms with Crippen LogP contribution < -0.4 is 9.03 Å². The number of aryl methyl sites for hydroxylation is 1. The minimum absolute atomic E-state index is 0.0798. The van der Waals surface area contributed by atoms with Gasteiger partial charge in [0.05, 0.1) is 5.69 Å². The summed E-state index contributed by atoms with van der Waals surface area (Å²) in [5.41, 5.74) is 1.44. The quantitative estimate of drug-likeness (QED) is 0.691. The number of nitrogens with one attached hydrogen (secondary N) is 1. The third kappa shape index (κ3) is 3.08. The van der Waals surface area contributed by atoms with Crippen LogP contribution in [0.15, 0.2) is 82.6 Å². The second-order valence-electron chi connectivity index (χ2n) is 6.47. The molecule has 9 heteroatoms. The lowest BCUT2D eigenvalue weighted by Crippen LogP contribution is -2.30. The van der Waals surface area contributed by atoms with Crippen LogP contribution in [0.2, 0.25) is 0 Å². The number of hydrogen-bond acceptors (Lipinski definition) is 5. The van der Waals surface area contributed by atoms with Gasteiger partial charge in [-0.05, 0) is 48.9 Å². The average Bonchev–Trinajstić information content (AvgIpc) is 2.84. The Morgan fingerprint density at radius 1 is 0.793 bits per heavy atom. The fraction of sp³-hybridized carbons (Fsp3) is 0.0500. The molecule has 0 atom stereocenters. The standard InChI is InChI=1S/C20H16N2O5S2/c1-14-7-2-3-10-17(14)20(23)21-15-8-6-9-16(13-15)22-28(24,25)18-11-4-5-12-19(18)29(22,26)27/h2-13H,1H3,(H,21,23). The van der Waals surface area contributed by atoms with Crippen molar-refractivity contribution in [1.82, 2.24) is 0 Å². The summed E-state index contributed by atoms with van der Waals surface area (Å²) < 4.78 is 51.8. The predicted molar refractivity (Wildman–Crippen MR) is 109 cm³/mol. The number of benzene rings is 3. The molecule has 7 nitrogen and oxygen atoms in total. The van der Waals surface area contributed by atoms with Gasteiger partial charge in [-0.2, -0.15) is 20.5 Å². The molecule has 1 heterocycles. The first-order valence-electron chi connectivity index (χ1n) is 8.59. The van der Waals surface area contributed by atoms with Crippen LogP contribution in [0.1, 0.15) is 15.9 Å². The minimum Gasteiger partial charge on any atom is -0.322 e. The highest BCUT2D eigenvalue weighted by Gasteiger charge is 2.47. The van der Waals surface area contributed by atoms with E-state index in [9.17, 15) is 21.6 Å². The zero-order chi connectivity index (χ0) is 20.8. The van der Waals surface area contributed by atoms with Crippen LogP contribution >= 0.6 is 0 Å². The van der Waals surface area contributed by atoms with Gasteiger partial charge in [-0.1, -0.05) is 36.4 Å². The van der Waals surface area contributed by atoms with Crippen LogP contribution in [0.4, 0.5) is 11.4 Å². The summed E-state index contributed by atoms with van der Waals surface area (Å²) in [6, 6.07) is 18.2. The summed E-state index contributed by atoms with van der Waals surface area (Å²) in [6.07, 6.45) is 0. The van der Waals surface area contributed by atoms with Crippen LogP contribution in [-0.4, -0.2) is 22.7 Å². The Balaban J connectivity index is 1.73. The van der Waals surface area contributed by atoms with E-state index in [1.54, 1.807) is 31.2 Å². The molecule has 0 spiro atoms. The van der Waals surface area contributed by atoms with Crippen molar-refractivity contribution in [3.63, 3.8) is 0 Å². The smallest absolute Gasteiger partial charge is 0.279 e. The van der Waals surface area contributed by atoms with Gasteiger partial charge in [0.1, 0.15) is 9.79 Å². The van der Waals surface area contributed by atoms with Crippen molar-refractivity contribution in [3.05, 3.63) is 83.9 Å². The van der Waals surface area contributed by atoms with Gasteiger partial charge in [0.15, 0.2) is 0 Å². The molecule has 0 unspecified atom stereocenters. The molecule has 0 bridgehead atoms. The van der Waals surface area contributed by atoms with Gasteiger partial charge in [-0.15, -0.1) is 0 Å². The van der Waals surface area contributed by atoms with E-state index in [4.69, 9.17) is 0 Å². The maximum absolute atomic E-state index is 12.9. The lowest BCUT2D eigenvalue weighted by molar-refractivity contribution is 0.102. The summed E-state index contributed by atoms with van der Waals surface area (Å²) in [4.78, 5) is 12.0. The number of carbonyl (C=O) groups is 1. The van der Waals surface area contributed by atoms with Gasteiger partial charge in [-0.3, -0.25) is 4.79 Å². The van der Waals surface area contributed by atoms with Gasteiger partial charge in [0.25, 0.3) is 26.0 Å². The Morgan fingerprint density at radius 2 is 1.38 bits per heavy atom. The number of sulfonamides is 2. The summed E-state index contributed by atoms with van der Waals surface area (Å²) >= 11 is 0. The SMILES string of the molecule is Cc1ccccc1C(=O)Nc1cccc(N2S(=O)(=O)c3ccccc3S2(=O)=O)c1.